The van der Waals surface area contributed by atoms with Crippen LogP contribution in [0.1, 0.15) is 43.9 Å². The second-order valence-corrected chi connectivity index (χ2v) is 10.7. The van der Waals surface area contributed by atoms with E-state index in [1.54, 1.807) is 29.2 Å². The molecule has 1 aromatic heterocycles. The number of morpholine rings is 1. The molecule has 0 radical (unpaired) electrons. The van der Waals surface area contributed by atoms with Crippen molar-refractivity contribution in [3.63, 3.8) is 0 Å². The van der Waals surface area contributed by atoms with Gasteiger partial charge in [0.25, 0.3) is 0 Å². The molecule has 2 aliphatic heterocycles. The van der Waals surface area contributed by atoms with Crippen LogP contribution in [0.15, 0.2) is 60.0 Å². The number of hydrogen-bond acceptors (Lipinski definition) is 5. The first-order valence-electron chi connectivity index (χ1n) is 12.6. The van der Waals surface area contributed by atoms with Crippen molar-refractivity contribution in [2.75, 3.05) is 26.3 Å². The number of ketones is 1. The predicted molar refractivity (Wildman–Crippen MR) is 141 cm³/mol. The maximum absolute atomic E-state index is 14.4. The molecule has 4 unspecified atom stereocenters. The van der Waals surface area contributed by atoms with E-state index >= 15 is 0 Å². The molecule has 198 valence electrons. The van der Waals surface area contributed by atoms with Gasteiger partial charge in [-0.1, -0.05) is 36.4 Å². The first-order chi connectivity index (χ1) is 18.3. The fourth-order valence-corrected chi connectivity index (χ4v) is 6.84. The molecule has 2 saturated heterocycles. The van der Waals surface area contributed by atoms with E-state index in [2.05, 4.69) is 0 Å². The van der Waals surface area contributed by atoms with Crippen LogP contribution in [0, 0.1) is 25.6 Å². The molecule has 2 fully saturated rings. The molecule has 5 rings (SSSR count). The molecule has 38 heavy (non-hydrogen) atoms. The monoisotopic (exact) mass is 536 g/mol. The van der Waals surface area contributed by atoms with Gasteiger partial charge in [0, 0.05) is 29.4 Å². The molecule has 2 aromatic carbocycles. The number of thiophene rings is 1. The van der Waals surface area contributed by atoms with Gasteiger partial charge in [0.1, 0.15) is 11.9 Å². The van der Waals surface area contributed by atoms with E-state index in [1.165, 1.54) is 28.4 Å². The highest BCUT2D eigenvalue weighted by molar-refractivity contribution is 7.10. The Morgan fingerprint density at radius 1 is 0.974 bits per heavy atom. The third-order valence-corrected chi connectivity index (χ3v) is 8.67. The van der Waals surface area contributed by atoms with Crippen molar-refractivity contribution in [2.24, 2.45) is 5.92 Å². The van der Waals surface area contributed by atoms with Gasteiger partial charge in [-0.25, -0.2) is 14.0 Å². The summed E-state index contributed by atoms with van der Waals surface area (Å²) in [6.45, 7) is 5.05. The molecule has 0 aliphatic carbocycles. The van der Waals surface area contributed by atoms with Crippen molar-refractivity contribution in [2.45, 2.75) is 31.8 Å². The van der Waals surface area contributed by atoms with Crippen LogP contribution in [-0.2, 0) is 9.53 Å². The maximum atomic E-state index is 14.4. The first kappa shape index (κ1) is 26.1. The molecular weight excluding hydrogens is 507 g/mol. The summed E-state index contributed by atoms with van der Waals surface area (Å²) in [6.07, 6.45) is 0. The number of carbonyl (C=O) groups excluding carboxylic acids is 2. The van der Waals surface area contributed by atoms with Crippen LogP contribution >= 0.6 is 11.3 Å². The zero-order valence-corrected chi connectivity index (χ0v) is 22.0. The predicted octanol–water partition coefficient (Wildman–Crippen LogP) is 5.05. The third kappa shape index (κ3) is 4.61. The van der Waals surface area contributed by atoms with E-state index in [0.717, 1.165) is 16.0 Å². The Hall–Kier alpha value is -3.56. The van der Waals surface area contributed by atoms with E-state index in [-0.39, 0.29) is 5.78 Å². The fraction of sp³-hybridized carbons (Fsp3) is 0.345. The van der Waals surface area contributed by atoms with Crippen LogP contribution in [-0.4, -0.2) is 65.0 Å². The molecule has 9 heteroatoms. The number of rotatable bonds is 5. The highest BCUT2D eigenvalue weighted by Crippen LogP contribution is 2.53. The van der Waals surface area contributed by atoms with Crippen LogP contribution in [0.3, 0.4) is 0 Å². The zero-order chi connectivity index (χ0) is 27.0. The smallest absolute Gasteiger partial charge is 0.327 e. The largest absolute Gasteiger partial charge is 0.480 e. The van der Waals surface area contributed by atoms with Crippen molar-refractivity contribution in [3.8, 4) is 0 Å². The number of carbonyl (C=O) groups is 3. The molecule has 4 atom stereocenters. The molecule has 2 aliphatic rings. The summed E-state index contributed by atoms with van der Waals surface area (Å²) >= 11 is 1.39. The van der Waals surface area contributed by atoms with Gasteiger partial charge in [0.05, 0.1) is 25.2 Å². The number of aliphatic carboxylic acids is 1. The summed E-state index contributed by atoms with van der Waals surface area (Å²) in [6, 6.07) is 12.1. The Kier molecular flexibility index (Phi) is 7.32. The average molecular weight is 537 g/mol. The van der Waals surface area contributed by atoms with Crippen LogP contribution in [0.25, 0.3) is 0 Å². The van der Waals surface area contributed by atoms with E-state index in [4.69, 9.17) is 4.74 Å². The second-order valence-electron chi connectivity index (χ2n) is 9.77. The molecule has 3 heterocycles. The van der Waals surface area contributed by atoms with Crippen LogP contribution in [0.4, 0.5) is 9.18 Å². The Morgan fingerprint density at radius 2 is 1.66 bits per heavy atom. The van der Waals surface area contributed by atoms with Crippen LogP contribution < -0.4 is 0 Å². The Balaban J connectivity index is 1.75. The minimum atomic E-state index is -1.30. The Bertz CT molecular complexity index is 1350. The number of aryl methyl sites for hydroxylation is 2. The van der Waals surface area contributed by atoms with E-state index in [1.807, 2.05) is 37.4 Å². The lowest BCUT2D eigenvalue weighted by Crippen LogP contribution is -2.52. The second kappa shape index (κ2) is 10.7. The third-order valence-electron chi connectivity index (χ3n) is 7.55. The van der Waals surface area contributed by atoms with Crippen molar-refractivity contribution < 1.29 is 28.6 Å². The van der Waals surface area contributed by atoms with E-state index in [0.29, 0.717) is 37.4 Å². The number of amides is 2. The zero-order valence-electron chi connectivity index (χ0n) is 21.2. The van der Waals surface area contributed by atoms with Crippen LogP contribution in [0.5, 0.6) is 0 Å². The molecule has 7 nitrogen and oxygen atoms in total. The lowest BCUT2D eigenvalue weighted by molar-refractivity contribution is -0.142. The van der Waals surface area contributed by atoms with Crippen molar-refractivity contribution >= 4 is 29.1 Å². The number of nitrogens with zero attached hydrogens (tertiary/aromatic N) is 2. The number of likely N-dealkylation sites (tertiary alicyclic amines) is 1. The molecule has 0 saturated carbocycles. The molecular formula is C29H29FN2O5S. The number of benzene rings is 2. The van der Waals surface area contributed by atoms with Gasteiger partial charge >= 0.3 is 12.0 Å². The van der Waals surface area contributed by atoms with Gasteiger partial charge in [-0.15, -0.1) is 11.3 Å². The summed E-state index contributed by atoms with van der Waals surface area (Å²) in [7, 11) is 0. The van der Waals surface area contributed by atoms with Gasteiger partial charge in [0.2, 0.25) is 0 Å². The molecule has 0 spiro atoms. The minimum absolute atomic E-state index is 0.237. The van der Waals surface area contributed by atoms with Gasteiger partial charge in [-0.2, -0.15) is 0 Å². The number of carboxylic acids is 1. The standard InChI is InChI=1S/C29H29FN2O5S/c1-17-5-3-4-6-21(17)26(33)22-23(27-18(2)11-16-38-27)25(28(34)35)32(29(36)31-12-14-37-15-13-31)24(22)19-7-9-20(30)10-8-19/h3-11,16,22-25H,12-15H2,1-2H3,(H,34,35). The summed E-state index contributed by atoms with van der Waals surface area (Å²) in [5.41, 5.74) is 2.63. The highest BCUT2D eigenvalue weighted by Gasteiger charge is 2.59. The van der Waals surface area contributed by atoms with Crippen molar-refractivity contribution in [1.82, 2.24) is 9.80 Å². The Labute approximate surface area is 224 Å². The molecule has 3 aromatic rings. The highest BCUT2D eigenvalue weighted by atomic mass is 32.1. The topological polar surface area (TPSA) is 87.2 Å². The quantitative estimate of drug-likeness (QED) is 0.461. The first-order valence-corrected chi connectivity index (χ1v) is 13.4. The maximum Gasteiger partial charge on any atom is 0.327 e. The SMILES string of the molecule is Cc1ccccc1C(=O)C1C(c2sccc2C)C(C(=O)O)N(C(=O)N2CCOCC2)C1c1ccc(F)cc1. The van der Waals surface area contributed by atoms with Gasteiger partial charge in [-0.3, -0.25) is 4.79 Å². The number of hydrogen-bond donors (Lipinski definition) is 1. The van der Waals surface area contributed by atoms with Gasteiger partial charge in [0.15, 0.2) is 5.78 Å². The molecule has 0 bridgehead atoms. The van der Waals surface area contributed by atoms with Gasteiger partial charge in [-0.05, 0) is 54.1 Å². The number of carboxylic acid groups (broad SMARTS) is 1. The van der Waals surface area contributed by atoms with Crippen LogP contribution in [0.2, 0.25) is 0 Å². The molecule has 2 amide bonds. The number of Topliss-reactive ketones (excluding diaryl/α,β-unsaturated/α-hetero) is 1. The number of halogens is 1. The normalized spacial score (nSPS) is 23.4. The average Bonchev–Trinajstić information content (AvgIpc) is 3.50. The van der Waals surface area contributed by atoms with E-state index < -0.39 is 41.7 Å². The van der Waals surface area contributed by atoms with Crippen molar-refractivity contribution in [1.29, 1.82) is 0 Å². The lowest BCUT2D eigenvalue weighted by atomic mass is 9.77. The lowest BCUT2D eigenvalue weighted by Gasteiger charge is -2.36. The number of ether oxygens (including phenoxy) is 1. The summed E-state index contributed by atoms with van der Waals surface area (Å²) in [5.74, 6) is -3.57. The molecule has 1 N–H and O–H groups in total. The summed E-state index contributed by atoms with van der Waals surface area (Å²) in [5, 5.41) is 12.5. The van der Waals surface area contributed by atoms with Crippen molar-refractivity contribution in [3.05, 3.63) is 92.9 Å². The summed E-state index contributed by atoms with van der Waals surface area (Å²) in [4.78, 5) is 45.2. The number of urea groups is 1. The minimum Gasteiger partial charge on any atom is -0.480 e. The Morgan fingerprint density at radius 3 is 2.26 bits per heavy atom. The van der Waals surface area contributed by atoms with E-state index in [9.17, 15) is 23.9 Å². The fourth-order valence-electron chi connectivity index (χ4n) is 5.74. The summed E-state index contributed by atoms with van der Waals surface area (Å²) < 4.78 is 19.4. The van der Waals surface area contributed by atoms with Gasteiger partial charge < -0.3 is 19.6 Å².